The summed E-state index contributed by atoms with van der Waals surface area (Å²) in [6, 6.07) is 0.0141. The van der Waals surface area contributed by atoms with E-state index in [1.807, 2.05) is 27.7 Å². The summed E-state index contributed by atoms with van der Waals surface area (Å²) in [5.74, 6) is -0.875. The Morgan fingerprint density at radius 1 is 1.29 bits per heavy atom. The van der Waals surface area contributed by atoms with Crippen molar-refractivity contribution < 1.29 is 19.4 Å². The summed E-state index contributed by atoms with van der Waals surface area (Å²) < 4.78 is 5.46. The van der Waals surface area contributed by atoms with Crippen LogP contribution in [0.1, 0.15) is 53.4 Å². The molecular weight excluding hydrogens is 272 g/mol. The Balaban J connectivity index is 2.74. The molecule has 1 aliphatic carbocycles. The first-order valence-electron chi connectivity index (χ1n) is 7.69. The number of likely N-dealkylation sites (N-methyl/N-ethyl adjacent to an activating group) is 1. The van der Waals surface area contributed by atoms with Gasteiger partial charge in [-0.15, -0.1) is 0 Å². The van der Waals surface area contributed by atoms with Crippen molar-refractivity contribution in [2.45, 2.75) is 71.1 Å². The van der Waals surface area contributed by atoms with Gasteiger partial charge >= 0.3 is 12.1 Å². The summed E-state index contributed by atoms with van der Waals surface area (Å²) >= 11 is 0. The minimum absolute atomic E-state index is 0.00190. The van der Waals surface area contributed by atoms with E-state index in [9.17, 15) is 9.59 Å². The van der Waals surface area contributed by atoms with Gasteiger partial charge in [-0.2, -0.15) is 0 Å². The van der Waals surface area contributed by atoms with Gasteiger partial charge < -0.3 is 20.1 Å². The van der Waals surface area contributed by atoms with Crippen LogP contribution in [-0.4, -0.2) is 52.8 Å². The molecule has 0 unspecified atom stereocenters. The lowest BCUT2D eigenvalue weighted by Gasteiger charge is -2.40. The first kappa shape index (κ1) is 17.8. The monoisotopic (exact) mass is 300 g/mol. The first-order chi connectivity index (χ1) is 9.74. The van der Waals surface area contributed by atoms with Crippen LogP contribution in [-0.2, 0) is 9.53 Å². The maximum Gasteiger partial charge on any atom is 0.410 e. The molecule has 0 saturated heterocycles. The van der Waals surface area contributed by atoms with E-state index < -0.39 is 11.6 Å². The van der Waals surface area contributed by atoms with E-state index in [4.69, 9.17) is 9.84 Å². The van der Waals surface area contributed by atoms with Crippen molar-refractivity contribution in [2.24, 2.45) is 0 Å². The highest BCUT2D eigenvalue weighted by Crippen LogP contribution is 2.25. The Morgan fingerprint density at radius 3 is 2.43 bits per heavy atom. The Hall–Kier alpha value is -1.30. The van der Waals surface area contributed by atoms with Gasteiger partial charge in [-0.1, -0.05) is 12.8 Å². The summed E-state index contributed by atoms with van der Waals surface area (Å²) in [5.41, 5.74) is -0.525. The number of ether oxygens (including phenoxy) is 1. The number of nitrogens with zero attached hydrogens (tertiary/aromatic N) is 1. The van der Waals surface area contributed by atoms with Crippen molar-refractivity contribution in [1.29, 1.82) is 0 Å². The first-order valence-corrected chi connectivity index (χ1v) is 7.69. The number of hydrogen-bond acceptors (Lipinski definition) is 4. The van der Waals surface area contributed by atoms with Crippen LogP contribution in [0.25, 0.3) is 0 Å². The molecule has 0 spiro atoms. The van der Waals surface area contributed by atoms with Crippen molar-refractivity contribution in [1.82, 2.24) is 10.2 Å². The van der Waals surface area contributed by atoms with Gasteiger partial charge in [0.1, 0.15) is 5.60 Å². The number of amides is 1. The van der Waals surface area contributed by atoms with Gasteiger partial charge in [0.05, 0.1) is 12.6 Å². The third kappa shape index (κ3) is 5.91. The van der Waals surface area contributed by atoms with Gasteiger partial charge in [-0.25, -0.2) is 4.79 Å². The molecule has 0 heterocycles. The van der Waals surface area contributed by atoms with Crippen LogP contribution in [0.5, 0.6) is 0 Å². The van der Waals surface area contributed by atoms with Gasteiger partial charge in [0.25, 0.3) is 0 Å². The molecule has 1 amide bonds. The Morgan fingerprint density at radius 2 is 1.90 bits per heavy atom. The van der Waals surface area contributed by atoms with E-state index in [-0.39, 0.29) is 24.7 Å². The molecule has 21 heavy (non-hydrogen) atoms. The molecule has 1 saturated carbocycles. The standard InChI is InChI=1S/C15H28N2O4/c1-5-17(14(20)21-15(2,3)4)12-9-7-6-8-11(12)16-10-13(18)19/h11-12,16H,5-10H2,1-4H3,(H,18,19)/t11-,12+/m1/s1. The van der Waals surface area contributed by atoms with Crippen LogP contribution in [0.3, 0.4) is 0 Å². The third-order valence-corrected chi connectivity index (χ3v) is 3.61. The molecule has 122 valence electrons. The van der Waals surface area contributed by atoms with Crippen LogP contribution >= 0.6 is 0 Å². The highest BCUT2D eigenvalue weighted by atomic mass is 16.6. The third-order valence-electron chi connectivity index (χ3n) is 3.61. The van der Waals surface area contributed by atoms with Gasteiger partial charge in [0.2, 0.25) is 0 Å². The smallest absolute Gasteiger partial charge is 0.410 e. The molecule has 6 nitrogen and oxygen atoms in total. The Kier molecular flexibility index (Phi) is 6.45. The zero-order chi connectivity index (χ0) is 16.0. The summed E-state index contributed by atoms with van der Waals surface area (Å²) in [6.45, 7) is 7.95. The second-order valence-electron chi connectivity index (χ2n) is 6.50. The lowest BCUT2D eigenvalue weighted by Crippen LogP contribution is -2.55. The molecule has 2 atom stereocenters. The molecule has 2 N–H and O–H groups in total. The van der Waals surface area contributed by atoms with E-state index in [1.54, 1.807) is 4.90 Å². The fourth-order valence-electron chi connectivity index (χ4n) is 2.76. The second-order valence-corrected chi connectivity index (χ2v) is 6.50. The summed E-state index contributed by atoms with van der Waals surface area (Å²) in [7, 11) is 0. The minimum atomic E-state index is -0.875. The van der Waals surface area contributed by atoms with Crippen molar-refractivity contribution in [3.63, 3.8) is 0 Å². The SMILES string of the molecule is CCN(C(=O)OC(C)(C)C)[C@H]1CCCC[C@H]1NCC(=O)O. The molecule has 0 aliphatic heterocycles. The number of nitrogens with one attached hydrogen (secondary N) is 1. The zero-order valence-corrected chi connectivity index (χ0v) is 13.5. The Labute approximate surface area is 126 Å². The lowest BCUT2D eigenvalue weighted by atomic mass is 9.89. The van der Waals surface area contributed by atoms with E-state index in [0.717, 1.165) is 25.7 Å². The van der Waals surface area contributed by atoms with Crippen LogP contribution in [0, 0.1) is 0 Å². The van der Waals surface area contributed by atoms with Crippen molar-refractivity contribution in [2.75, 3.05) is 13.1 Å². The largest absolute Gasteiger partial charge is 0.480 e. The molecular formula is C15H28N2O4. The molecule has 0 bridgehead atoms. The van der Waals surface area contributed by atoms with Crippen molar-refractivity contribution in [3.05, 3.63) is 0 Å². The van der Waals surface area contributed by atoms with Crippen LogP contribution in [0.4, 0.5) is 4.79 Å². The van der Waals surface area contributed by atoms with Gasteiger partial charge in [-0.3, -0.25) is 4.79 Å². The van der Waals surface area contributed by atoms with E-state index in [1.165, 1.54) is 0 Å². The summed E-state index contributed by atoms with van der Waals surface area (Å²) in [6.07, 6.45) is 3.55. The summed E-state index contributed by atoms with van der Waals surface area (Å²) in [5, 5.41) is 11.9. The number of aliphatic carboxylic acids is 1. The number of rotatable bonds is 5. The quantitative estimate of drug-likeness (QED) is 0.814. The fraction of sp³-hybridized carbons (Fsp3) is 0.867. The number of carbonyl (C=O) groups excluding carboxylic acids is 1. The Bertz CT molecular complexity index is 365. The number of carboxylic acid groups (broad SMARTS) is 1. The topological polar surface area (TPSA) is 78.9 Å². The maximum atomic E-state index is 12.3. The average Bonchev–Trinajstić information content (AvgIpc) is 2.36. The molecule has 6 heteroatoms. The minimum Gasteiger partial charge on any atom is -0.480 e. The van der Waals surface area contributed by atoms with Gasteiger partial charge in [0, 0.05) is 12.6 Å². The highest BCUT2D eigenvalue weighted by molar-refractivity contribution is 5.69. The van der Waals surface area contributed by atoms with Crippen LogP contribution < -0.4 is 5.32 Å². The molecule has 0 aromatic heterocycles. The number of hydrogen-bond donors (Lipinski definition) is 2. The maximum absolute atomic E-state index is 12.3. The molecule has 0 aromatic carbocycles. The highest BCUT2D eigenvalue weighted by Gasteiger charge is 2.34. The average molecular weight is 300 g/mol. The second kappa shape index (κ2) is 7.64. The van der Waals surface area contributed by atoms with E-state index >= 15 is 0 Å². The molecule has 1 fully saturated rings. The van der Waals surface area contributed by atoms with Crippen LogP contribution in [0.15, 0.2) is 0 Å². The van der Waals surface area contributed by atoms with Crippen molar-refractivity contribution in [3.8, 4) is 0 Å². The van der Waals surface area contributed by atoms with Crippen LogP contribution in [0.2, 0.25) is 0 Å². The van der Waals surface area contributed by atoms with Crippen molar-refractivity contribution >= 4 is 12.1 Å². The van der Waals surface area contributed by atoms with Gasteiger partial charge in [0.15, 0.2) is 0 Å². The number of carboxylic acids is 1. The number of carbonyl (C=O) groups is 2. The lowest BCUT2D eigenvalue weighted by molar-refractivity contribution is -0.136. The van der Waals surface area contributed by atoms with E-state index in [2.05, 4.69) is 5.32 Å². The fourth-order valence-corrected chi connectivity index (χ4v) is 2.76. The van der Waals surface area contributed by atoms with E-state index in [0.29, 0.717) is 6.54 Å². The molecule has 0 aromatic rings. The molecule has 0 radical (unpaired) electrons. The predicted octanol–water partition coefficient (Wildman–Crippen LogP) is 2.23. The normalized spacial score (nSPS) is 22.7. The molecule has 1 rings (SSSR count). The van der Waals surface area contributed by atoms with Gasteiger partial charge in [-0.05, 0) is 40.5 Å². The zero-order valence-electron chi connectivity index (χ0n) is 13.5. The summed E-state index contributed by atoms with van der Waals surface area (Å²) in [4.78, 5) is 24.8. The molecule has 1 aliphatic rings. The predicted molar refractivity (Wildman–Crippen MR) is 80.3 cm³/mol.